The molecule has 0 aliphatic heterocycles. The number of rotatable bonds is 6. The minimum atomic E-state index is -0.134. The normalized spacial score (nSPS) is 10.2. The van der Waals surface area contributed by atoms with Gasteiger partial charge in [-0.25, -0.2) is 9.78 Å². The standard InChI is InChI=1S/C16H18Cl2N4O/c1-22(11-12-5-3-2-4-6-12)16(23)20-8-7-19-15-14(18)9-13(17)10-21-15/h2-6,9-10H,7-8,11H2,1H3,(H,19,21)(H,20,23). The molecule has 7 heteroatoms. The average molecular weight is 353 g/mol. The summed E-state index contributed by atoms with van der Waals surface area (Å²) in [4.78, 5) is 17.7. The van der Waals surface area contributed by atoms with Gasteiger partial charge in [0, 0.05) is 32.9 Å². The molecule has 2 aromatic rings. The summed E-state index contributed by atoms with van der Waals surface area (Å²) in [7, 11) is 1.76. The Labute approximate surface area is 145 Å². The highest BCUT2D eigenvalue weighted by Crippen LogP contribution is 2.21. The zero-order valence-corrected chi connectivity index (χ0v) is 14.2. The summed E-state index contributed by atoms with van der Waals surface area (Å²) in [5.74, 6) is 0.544. The van der Waals surface area contributed by atoms with E-state index in [9.17, 15) is 4.79 Å². The van der Waals surface area contributed by atoms with Crippen LogP contribution < -0.4 is 10.6 Å². The molecule has 2 rings (SSSR count). The minimum absolute atomic E-state index is 0.134. The summed E-state index contributed by atoms with van der Waals surface area (Å²) in [5, 5.41) is 6.81. The van der Waals surface area contributed by atoms with Crippen LogP contribution in [0.3, 0.4) is 0 Å². The number of hydrogen-bond acceptors (Lipinski definition) is 3. The van der Waals surface area contributed by atoms with Gasteiger partial charge < -0.3 is 15.5 Å². The molecule has 0 unspecified atom stereocenters. The maximum Gasteiger partial charge on any atom is 0.317 e. The lowest BCUT2D eigenvalue weighted by Crippen LogP contribution is -2.39. The third-order valence-electron chi connectivity index (χ3n) is 3.11. The number of nitrogens with zero attached hydrogens (tertiary/aromatic N) is 2. The van der Waals surface area contributed by atoms with Crippen molar-refractivity contribution in [2.45, 2.75) is 6.54 Å². The predicted molar refractivity (Wildman–Crippen MR) is 94.1 cm³/mol. The van der Waals surface area contributed by atoms with Gasteiger partial charge in [-0.05, 0) is 11.6 Å². The van der Waals surface area contributed by atoms with Crippen molar-refractivity contribution in [2.24, 2.45) is 0 Å². The fourth-order valence-corrected chi connectivity index (χ4v) is 2.41. The maximum absolute atomic E-state index is 12.0. The first-order valence-corrected chi connectivity index (χ1v) is 7.89. The van der Waals surface area contributed by atoms with Crippen LogP contribution in [0.2, 0.25) is 10.0 Å². The number of carbonyl (C=O) groups excluding carboxylic acids is 1. The first kappa shape index (κ1) is 17.4. The van der Waals surface area contributed by atoms with Crippen molar-refractivity contribution in [1.29, 1.82) is 0 Å². The molecule has 0 atom stereocenters. The number of pyridine rings is 1. The van der Waals surface area contributed by atoms with Gasteiger partial charge in [-0.3, -0.25) is 0 Å². The number of urea groups is 1. The molecule has 2 N–H and O–H groups in total. The van der Waals surface area contributed by atoms with E-state index in [2.05, 4.69) is 15.6 Å². The van der Waals surface area contributed by atoms with Gasteiger partial charge in [-0.2, -0.15) is 0 Å². The Morgan fingerprint density at radius 3 is 2.65 bits per heavy atom. The third kappa shape index (κ3) is 5.62. The summed E-state index contributed by atoms with van der Waals surface area (Å²) in [5.41, 5.74) is 1.08. The highest BCUT2D eigenvalue weighted by Gasteiger charge is 2.08. The molecule has 0 fully saturated rings. The van der Waals surface area contributed by atoms with Crippen LogP contribution in [0.4, 0.5) is 10.6 Å². The van der Waals surface area contributed by atoms with Crippen LogP contribution in [-0.4, -0.2) is 36.1 Å². The van der Waals surface area contributed by atoms with Crippen LogP contribution in [0.1, 0.15) is 5.56 Å². The lowest BCUT2D eigenvalue weighted by molar-refractivity contribution is 0.207. The second-order valence-corrected chi connectivity index (χ2v) is 5.83. The molecule has 1 aromatic heterocycles. The molecule has 5 nitrogen and oxygen atoms in total. The summed E-state index contributed by atoms with van der Waals surface area (Å²) in [6.45, 7) is 1.53. The predicted octanol–water partition coefficient (Wildman–Crippen LogP) is 3.64. The first-order chi connectivity index (χ1) is 11.1. The molecule has 0 radical (unpaired) electrons. The number of nitrogens with one attached hydrogen (secondary N) is 2. The van der Waals surface area contributed by atoms with Crippen LogP contribution in [0.25, 0.3) is 0 Å². The maximum atomic E-state index is 12.0. The van der Waals surface area contributed by atoms with Gasteiger partial charge in [0.05, 0.1) is 10.0 Å². The van der Waals surface area contributed by atoms with E-state index < -0.39 is 0 Å². The van der Waals surface area contributed by atoms with E-state index in [0.29, 0.717) is 35.5 Å². The molecule has 0 bridgehead atoms. The Bertz CT molecular complexity index is 652. The van der Waals surface area contributed by atoms with E-state index in [1.807, 2.05) is 30.3 Å². The van der Waals surface area contributed by atoms with E-state index >= 15 is 0 Å². The number of anilines is 1. The Morgan fingerprint density at radius 2 is 1.96 bits per heavy atom. The Morgan fingerprint density at radius 1 is 1.22 bits per heavy atom. The summed E-state index contributed by atoms with van der Waals surface area (Å²) >= 11 is 11.8. The average Bonchev–Trinajstić information content (AvgIpc) is 2.54. The van der Waals surface area contributed by atoms with Crippen molar-refractivity contribution in [3.63, 3.8) is 0 Å². The Balaban J connectivity index is 1.72. The molecule has 0 spiro atoms. The van der Waals surface area contributed by atoms with Crippen molar-refractivity contribution in [1.82, 2.24) is 15.2 Å². The van der Waals surface area contributed by atoms with E-state index in [1.54, 1.807) is 18.0 Å². The molecule has 23 heavy (non-hydrogen) atoms. The number of hydrogen-bond donors (Lipinski definition) is 2. The van der Waals surface area contributed by atoms with Gasteiger partial charge in [0.1, 0.15) is 5.82 Å². The Hall–Kier alpha value is -1.98. The molecule has 0 saturated heterocycles. The van der Waals surface area contributed by atoms with Crippen molar-refractivity contribution in [2.75, 3.05) is 25.5 Å². The van der Waals surface area contributed by atoms with Crippen LogP contribution in [0.15, 0.2) is 42.6 Å². The largest absolute Gasteiger partial charge is 0.367 e. The topological polar surface area (TPSA) is 57.3 Å². The number of benzene rings is 1. The summed E-state index contributed by atoms with van der Waals surface area (Å²) in [6, 6.07) is 11.3. The van der Waals surface area contributed by atoms with Gasteiger partial charge in [0.2, 0.25) is 0 Å². The van der Waals surface area contributed by atoms with Gasteiger partial charge in [-0.1, -0.05) is 53.5 Å². The second-order valence-electron chi connectivity index (χ2n) is 4.98. The molecule has 1 aromatic carbocycles. The molecule has 122 valence electrons. The lowest BCUT2D eigenvalue weighted by atomic mass is 10.2. The quantitative estimate of drug-likeness (QED) is 0.780. The van der Waals surface area contributed by atoms with E-state index in [1.165, 1.54) is 6.20 Å². The summed E-state index contributed by atoms with van der Waals surface area (Å²) in [6.07, 6.45) is 1.52. The molecule has 0 saturated carbocycles. The van der Waals surface area contributed by atoms with E-state index in [4.69, 9.17) is 23.2 Å². The van der Waals surface area contributed by atoms with Gasteiger partial charge in [0.15, 0.2) is 0 Å². The highest BCUT2D eigenvalue weighted by atomic mass is 35.5. The molecule has 1 heterocycles. The second kappa shape index (κ2) is 8.60. The first-order valence-electron chi connectivity index (χ1n) is 7.14. The van der Waals surface area contributed by atoms with Crippen LogP contribution in [-0.2, 0) is 6.54 Å². The number of amides is 2. The van der Waals surface area contributed by atoms with E-state index in [0.717, 1.165) is 5.56 Å². The summed E-state index contributed by atoms with van der Waals surface area (Å²) < 4.78 is 0. The lowest BCUT2D eigenvalue weighted by Gasteiger charge is -2.18. The third-order valence-corrected chi connectivity index (χ3v) is 3.61. The fraction of sp³-hybridized carbons (Fsp3) is 0.250. The Kier molecular flexibility index (Phi) is 6.50. The molecular weight excluding hydrogens is 335 g/mol. The zero-order valence-electron chi connectivity index (χ0n) is 12.7. The smallest absolute Gasteiger partial charge is 0.317 e. The highest BCUT2D eigenvalue weighted by molar-refractivity contribution is 6.35. The van der Waals surface area contributed by atoms with Crippen LogP contribution in [0, 0.1) is 0 Å². The van der Waals surface area contributed by atoms with Crippen LogP contribution >= 0.6 is 23.2 Å². The number of halogens is 2. The molecular formula is C16H18Cl2N4O. The van der Waals surface area contributed by atoms with E-state index in [-0.39, 0.29) is 6.03 Å². The fourth-order valence-electron chi connectivity index (χ4n) is 1.96. The molecule has 0 aliphatic rings. The number of carbonyl (C=O) groups is 1. The molecule has 2 amide bonds. The van der Waals surface area contributed by atoms with Gasteiger partial charge in [0.25, 0.3) is 0 Å². The van der Waals surface area contributed by atoms with Crippen molar-refractivity contribution < 1.29 is 4.79 Å². The van der Waals surface area contributed by atoms with Crippen molar-refractivity contribution in [3.05, 3.63) is 58.2 Å². The van der Waals surface area contributed by atoms with Crippen LogP contribution in [0.5, 0.6) is 0 Å². The zero-order chi connectivity index (χ0) is 16.7. The number of aromatic nitrogens is 1. The monoisotopic (exact) mass is 352 g/mol. The minimum Gasteiger partial charge on any atom is -0.367 e. The molecule has 0 aliphatic carbocycles. The van der Waals surface area contributed by atoms with Crippen molar-refractivity contribution in [3.8, 4) is 0 Å². The van der Waals surface area contributed by atoms with Crippen molar-refractivity contribution >= 4 is 35.1 Å². The van der Waals surface area contributed by atoms with Gasteiger partial charge >= 0.3 is 6.03 Å². The SMILES string of the molecule is CN(Cc1ccccc1)C(=O)NCCNc1ncc(Cl)cc1Cl. The van der Waals surface area contributed by atoms with Gasteiger partial charge in [-0.15, -0.1) is 0 Å².